The zero-order valence-corrected chi connectivity index (χ0v) is 13.2. The third kappa shape index (κ3) is 4.28. The lowest BCUT2D eigenvalue weighted by atomic mass is 9.95. The van der Waals surface area contributed by atoms with E-state index in [1.807, 2.05) is 6.07 Å². The second kappa shape index (κ2) is 6.58. The molecule has 118 valence electrons. The average molecular weight is 294 g/mol. The molecule has 1 fully saturated rings. The lowest BCUT2D eigenvalue weighted by Crippen LogP contribution is -2.38. The van der Waals surface area contributed by atoms with E-state index in [9.17, 15) is 0 Å². The third-order valence-electron chi connectivity index (χ3n) is 3.61. The van der Waals surface area contributed by atoms with Crippen LogP contribution in [-0.2, 0) is 10.2 Å². The van der Waals surface area contributed by atoms with Crippen molar-refractivity contribution in [2.75, 3.05) is 36.9 Å². The van der Waals surface area contributed by atoms with Crippen LogP contribution in [0.4, 0.5) is 11.6 Å². The Labute approximate surface area is 126 Å². The maximum absolute atomic E-state index is 8.80. The van der Waals surface area contributed by atoms with Crippen LogP contribution in [0.15, 0.2) is 6.07 Å². The Bertz CT molecular complexity index is 465. The van der Waals surface area contributed by atoms with E-state index in [-0.39, 0.29) is 18.1 Å². The fourth-order valence-corrected chi connectivity index (χ4v) is 2.42. The van der Waals surface area contributed by atoms with Crippen LogP contribution in [0.3, 0.4) is 0 Å². The van der Waals surface area contributed by atoms with Crippen LogP contribution in [0.1, 0.15) is 39.4 Å². The normalized spacial score (nSPS) is 17.2. The minimum atomic E-state index is -0.118. The molecule has 0 unspecified atom stereocenters. The molecule has 1 aromatic rings. The van der Waals surface area contributed by atoms with Gasteiger partial charge in [-0.1, -0.05) is 20.8 Å². The monoisotopic (exact) mass is 294 g/mol. The number of ether oxygens (including phenoxy) is 1. The zero-order valence-electron chi connectivity index (χ0n) is 13.2. The van der Waals surface area contributed by atoms with Crippen LogP contribution in [-0.4, -0.2) is 47.5 Å². The highest BCUT2D eigenvalue weighted by Crippen LogP contribution is 2.25. The van der Waals surface area contributed by atoms with Crippen LogP contribution >= 0.6 is 0 Å². The van der Waals surface area contributed by atoms with E-state index in [4.69, 9.17) is 15.6 Å². The first kappa shape index (κ1) is 16.0. The van der Waals surface area contributed by atoms with Crippen LogP contribution < -0.4 is 10.6 Å². The maximum Gasteiger partial charge on any atom is 0.138 e. The smallest absolute Gasteiger partial charge is 0.138 e. The number of aromatic nitrogens is 2. The Morgan fingerprint density at radius 2 is 2.00 bits per heavy atom. The Morgan fingerprint density at radius 3 is 2.57 bits per heavy atom. The molecular formula is C15H26N4O2. The first-order chi connectivity index (χ1) is 9.90. The van der Waals surface area contributed by atoms with Crippen molar-refractivity contribution >= 4 is 11.6 Å². The van der Waals surface area contributed by atoms with E-state index in [0.29, 0.717) is 12.4 Å². The standard InChI is InChI=1S/C15H26N4O2/c1-15(2,3)14-17-12(16)10-13(18-14)19-6-4-11(5-7-19)21-9-8-20/h10-11,20H,4-9H2,1-3H3,(H2,16,17,18). The number of aliphatic hydroxyl groups excluding tert-OH is 1. The number of hydrogen-bond acceptors (Lipinski definition) is 6. The number of anilines is 2. The predicted octanol–water partition coefficient (Wildman–Crippen LogP) is 1.33. The summed E-state index contributed by atoms with van der Waals surface area (Å²) in [7, 11) is 0. The Kier molecular flexibility index (Phi) is 5.00. The fourth-order valence-electron chi connectivity index (χ4n) is 2.42. The van der Waals surface area contributed by atoms with Gasteiger partial charge in [0, 0.05) is 24.6 Å². The highest BCUT2D eigenvalue weighted by Gasteiger charge is 2.24. The molecule has 0 atom stereocenters. The molecule has 0 aliphatic carbocycles. The molecule has 1 saturated heterocycles. The first-order valence-electron chi connectivity index (χ1n) is 7.52. The number of nitrogens with two attached hydrogens (primary N) is 1. The molecular weight excluding hydrogens is 268 g/mol. The molecule has 0 spiro atoms. The summed E-state index contributed by atoms with van der Waals surface area (Å²) in [6.07, 6.45) is 2.11. The number of nitrogen functional groups attached to an aromatic ring is 1. The van der Waals surface area contributed by atoms with Gasteiger partial charge >= 0.3 is 0 Å². The van der Waals surface area contributed by atoms with E-state index in [2.05, 4.69) is 35.6 Å². The molecule has 6 nitrogen and oxygen atoms in total. The maximum atomic E-state index is 8.80. The van der Waals surface area contributed by atoms with E-state index in [0.717, 1.165) is 37.6 Å². The molecule has 2 heterocycles. The van der Waals surface area contributed by atoms with Crippen molar-refractivity contribution in [3.05, 3.63) is 11.9 Å². The Balaban J connectivity index is 2.05. The van der Waals surface area contributed by atoms with E-state index in [1.54, 1.807) is 0 Å². The summed E-state index contributed by atoms with van der Waals surface area (Å²) in [5, 5.41) is 8.80. The molecule has 0 radical (unpaired) electrons. The Morgan fingerprint density at radius 1 is 1.33 bits per heavy atom. The van der Waals surface area contributed by atoms with Crippen LogP contribution in [0.25, 0.3) is 0 Å². The molecule has 0 aromatic carbocycles. The van der Waals surface area contributed by atoms with Crippen molar-refractivity contribution in [2.45, 2.75) is 45.1 Å². The highest BCUT2D eigenvalue weighted by atomic mass is 16.5. The second-order valence-electron chi connectivity index (χ2n) is 6.51. The summed E-state index contributed by atoms with van der Waals surface area (Å²) in [6.45, 7) is 8.52. The van der Waals surface area contributed by atoms with Crippen molar-refractivity contribution < 1.29 is 9.84 Å². The highest BCUT2D eigenvalue weighted by molar-refractivity contribution is 5.48. The molecule has 1 aliphatic heterocycles. The summed E-state index contributed by atoms with van der Waals surface area (Å²) in [5.41, 5.74) is 5.81. The van der Waals surface area contributed by atoms with Gasteiger partial charge in [0.15, 0.2) is 0 Å². The summed E-state index contributed by atoms with van der Waals surface area (Å²) in [5.74, 6) is 2.19. The number of hydrogen-bond donors (Lipinski definition) is 2. The van der Waals surface area contributed by atoms with Gasteiger partial charge in [0.05, 0.1) is 19.3 Å². The lowest BCUT2D eigenvalue weighted by molar-refractivity contribution is 0.0158. The first-order valence-corrected chi connectivity index (χ1v) is 7.52. The van der Waals surface area contributed by atoms with Gasteiger partial charge in [-0.25, -0.2) is 9.97 Å². The molecule has 2 rings (SSSR count). The molecule has 6 heteroatoms. The summed E-state index contributed by atoms with van der Waals surface area (Å²) < 4.78 is 5.58. The van der Waals surface area contributed by atoms with E-state index >= 15 is 0 Å². The Hall–Kier alpha value is -1.40. The van der Waals surface area contributed by atoms with Crippen molar-refractivity contribution in [3.63, 3.8) is 0 Å². The topological polar surface area (TPSA) is 84.5 Å². The predicted molar refractivity (Wildman–Crippen MR) is 83.4 cm³/mol. The van der Waals surface area contributed by atoms with E-state index in [1.165, 1.54) is 0 Å². The van der Waals surface area contributed by atoms with Gasteiger partial charge in [-0.3, -0.25) is 0 Å². The lowest BCUT2D eigenvalue weighted by Gasteiger charge is -2.33. The van der Waals surface area contributed by atoms with Crippen molar-refractivity contribution in [2.24, 2.45) is 0 Å². The summed E-state index contributed by atoms with van der Waals surface area (Å²) >= 11 is 0. The molecule has 3 N–H and O–H groups in total. The third-order valence-corrected chi connectivity index (χ3v) is 3.61. The number of aliphatic hydroxyl groups is 1. The van der Waals surface area contributed by atoms with Gasteiger partial charge in [-0.05, 0) is 12.8 Å². The minimum Gasteiger partial charge on any atom is -0.394 e. The van der Waals surface area contributed by atoms with E-state index < -0.39 is 0 Å². The largest absolute Gasteiger partial charge is 0.394 e. The molecule has 0 bridgehead atoms. The van der Waals surface area contributed by atoms with Crippen LogP contribution in [0.2, 0.25) is 0 Å². The van der Waals surface area contributed by atoms with Gasteiger partial charge in [-0.2, -0.15) is 0 Å². The second-order valence-corrected chi connectivity index (χ2v) is 6.51. The molecule has 1 aliphatic rings. The van der Waals surface area contributed by atoms with Crippen molar-refractivity contribution in [1.29, 1.82) is 0 Å². The summed E-state index contributed by atoms with van der Waals surface area (Å²) in [6, 6.07) is 1.84. The molecule has 0 amide bonds. The van der Waals surface area contributed by atoms with Crippen molar-refractivity contribution in [3.8, 4) is 0 Å². The fraction of sp³-hybridized carbons (Fsp3) is 0.733. The molecule has 21 heavy (non-hydrogen) atoms. The van der Waals surface area contributed by atoms with Gasteiger partial charge < -0.3 is 20.5 Å². The molecule has 0 saturated carbocycles. The number of piperidine rings is 1. The van der Waals surface area contributed by atoms with Gasteiger partial charge in [-0.15, -0.1) is 0 Å². The minimum absolute atomic E-state index is 0.0810. The average Bonchev–Trinajstić information content (AvgIpc) is 2.44. The van der Waals surface area contributed by atoms with Gasteiger partial charge in [0.1, 0.15) is 17.5 Å². The van der Waals surface area contributed by atoms with Crippen LogP contribution in [0.5, 0.6) is 0 Å². The molecule has 1 aromatic heterocycles. The zero-order chi connectivity index (χ0) is 15.5. The summed E-state index contributed by atoms with van der Waals surface area (Å²) in [4.78, 5) is 11.2. The van der Waals surface area contributed by atoms with Crippen LogP contribution in [0, 0.1) is 0 Å². The van der Waals surface area contributed by atoms with Crippen molar-refractivity contribution in [1.82, 2.24) is 9.97 Å². The van der Waals surface area contributed by atoms with Gasteiger partial charge in [0.2, 0.25) is 0 Å². The number of rotatable bonds is 4. The SMILES string of the molecule is CC(C)(C)c1nc(N)cc(N2CCC(OCCO)CC2)n1. The number of nitrogens with zero attached hydrogens (tertiary/aromatic N) is 3. The quantitative estimate of drug-likeness (QED) is 0.871. The van der Waals surface area contributed by atoms with Gasteiger partial charge in [0.25, 0.3) is 0 Å².